The Kier molecular flexibility index (Phi) is 6.60. The second-order valence-corrected chi connectivity index (χ2v) is 7.69. The van der Waals surface area contributed by atoms with E-state index in [0.29, 0.717) is 6.42 Å². The van der Waals surface area contributed by atoms with Gasteiger partial charge in [0.1, 0.15) is 0 Å². The van der Waals surface area contributed by atoms with E-state index in [9.17, 15) is 4.79 Å². The molecule has 1 N–H and O–H groups in total. The quantitative estimate of drug-likeness (QED) is 0.875. The molecule has 0 atom stereocenters. The lowest BCUT2D eigenvalue weighted by Gasteiger charge is -2.34. The van der Waals surface area contributed by atoms with Crippen molar-refractivity contribution in [2.24, 2.45) is 5.41 Å². The summed E-state index contributed by atoms with van der Waals surface area (Å²) < 4.78 is 0. The summed E-state index contributed by atoms with van der Waals surface area (Å²) in [6, 6.07) is 10.7. The Labute approximate surface area is 140 Å². The summed E-state index contributed by atoms with van der Waals surface area (Å²) >= 11 is 0. The Morgan fingerprint density at radius 3 is 2.26 bits per heavy atom. The molecule has 1 amide bonds. The van der Waals surface area contributed by atoms with Gasteiger partial charge in [-0.2, -0.15) is 0 Å². The second kappa shape index (κ2) is 8.46. The van der Waals surface area contributed by atoms with Gasteiger partial charge < -0.3 is 5.32 Å². The first-order valence-corrected chi connectivity index (χ1v) is 8.68. The van der Waals surface area contributed by atoms with Crippen molar-refractivity contribution in [3.63, 3.8) is 0 Å². The van der Waals surface area contributed by atoms with Crippen LogP contribution < -0.4 is 5.32 Å². The topological polar surface area (TPSA) is 35.6 Å². The van der Waals surface area contributed by atoms with Crippen molar-refractivity contribution in [2.45, 2.75) is 33.7 Å². The molecule has 1 fully saturated rings. The molecule has 23 heavy (non-hydrogen) atoms. The zero-order valence-electron chi connectivity index (χ0n) is 14.8. The highest BCUT2D eigenvalue weighted by Crippen LogP contribution is 2.17. The van der Waals surface area contributed by atoms with Crippen molar-refractivity contribution >= 4 is 5.91 Å². The standard InChI is InChI=1S/C19H31N3O/c1-19(2,3)15-18(23)20-9-10-21-11-13-22(14-12-21)16-17-7-5-4-6-8-17/h4-8H,9-16H2,1-3H3,(H,20,23). The van der Waals surface area contributed by atoms with Crippen molar-refractivity contribution in [3.05, 3.63) is 35.9 Å². The van der Waals surface area contributed by atoms with Crippen LogP contribution in [0.3, 0.4) is 0 Å². The van der Waals surface area contributed by atoms with Crippen LogP contribution >= 0.6 is 0 Å². The summed E-state index contributed by atoms with van der Waals surface area (Å²) in [6.45, 7) is 13.4. The molecule has 1 aromatic carbocycles. The van der Waals surface area contributed by atoms with E-state index in [0.717, 1.165) is 45.8 Å². The number of nitrogens with zero attached hydrogens (tertiary/aromatic N) is 2. The Morgan fingerprint density at radius 1 is 1.04 bits per heavy atom. The van der Waals surface area contributed by atoms with E-state index >= 15 is 0 Å². The van der Waals surface area contributed by atoms with Gasteiger partial charge in [0.2, 0.25) is 5.91 Å². The Hall–Kier alpha value is -1.39. The molecule has 1 saturated heterocycles. The van der Waals surface area contributed by atoms with Crippen molar-refractivity contribution in [2.75, 3.05) is 39.3 Å². The number of amides is 1. The molecule has 1 heterocycles. The Balaban J connectivity index is 1.61. The lowest BCUT2D eigenvalue weighted by atomic mass is 9.92. The van der Waals surface area contributed by atoms with Crippen molar-refractivity contribution in [3.8, 4) is 0 Å². The first kappa shape index (κ1) is 18.0. The highest BCUT2D eigenvalue weighted by Gasteiger charge is 2.18. The highest BCUT2D eigenvalue weighted by atomic mass is 16.1. The lowest BCUT2D eigenvalue weighted by Crippen LogP contribution is -2.48. The van der Waals surface area contributed by atoms with E-state index in [1.54, 1.807) is 0 Å². The summed E-state index contributed by atoms with van der Waals surface area (Å²) in [5.41, 5.74) is 1.45. The van der Waals surface area contributed by atoms with Crippen LogP contribution in [0.15, 0.2) is 30.3 Å². The van der Waals surface area contributed by atoms with Gasteiger partial charge >= 0.3 is 0 Å². The molecule has 0 radical (unpaired) electrons. The lowest BCUT2D eigenvalue weighted by molar-refractivity contribution is -0.122. The van der Waals surface area contributed by atoms with Crippen LogP contribution in [0.2, 0.25) is 0 Å². The van der Waals surface area contributed by atoms with E-state index in [1.165, 1.54) is 5.56 Å². The van der Waals surface area contributed by atoms with Gasteiger partial charge in [0, 0.05) is 52.2 Å². The van der Waals surface area contributed by atoms with Crippen LogP contribution in [0.1, 0.15) is 32.8 Å². The van der Waals surface area contributed by atoms with Gasteiger partial charge in [-0.3, -0.25) is 14.6 Å². The van der Waals surface area contributed by atoms with Crippen LogP contribution in [0.4, 0.5) is 0 Å². The normalized spacial score (nSPS) is 17.2. The number of benzene rings is 1. The number of carbonyl (C=O) groups excluding carboxylic acids is 1. The summed E-state index contributed by atoms with van der Waals surface area (Å²) in [5.74, 6) is 0.167. The van der Waals surface area contributed by atoms with Gasteiger partial charge in [0.25, 0.3) is 0 Å². The third-order valence-electron chi connectivity index (χ3n) is 4.16. The zero-order chi connectivity index (χ0) is 16.7. The molecule has 0 aliphatic carbocycles. The maximum absolute atomic E-state index is 11.8. The smallest absolute Gasteiger partial charge is 0.220 e. The fraction of sp³-hybridized carbons (Fsp3) is 0.632. The SMILES string of the molecule is CC(C)(C)CC(=O)NCCN1CCN(Cc2ccccc2)CC1. The van der Waals surface area contributed by atoms with Crippen LogP contribution in [0.5, 0.6) is 0 Å². The van der Waals surface area contributed by atoms with Gasteiger partial charge in [-0.05, 0) is 11.0 Å². The van der Waals surface area contributed by atoms with Gasteiger partial charge in [-0.1, -0.05) is 51.1 Å². The molecule has 0 spiro atoms. The van der Waals surface area contributed by atoms with Gasteiger partial charge in [0.05, 0.1) is 0 Å². The summed E-state index contributed by atoms with van der Waals surface area (Å²) in [4.78, 5) is 16.8. The first-order chi connectivity index (χ1) is 10.9. The molecule has 1 aliphatic rings. The van der Waals surface area contributed by atoms with Crippen molar-refractivity contribution < 1.29 is 4.79 Å². The molecule has 4 heteroatoms. The predicted octanol–water partition coefficient (Wildman–Crippen LogP) is 2.36. The van der Waals surface area contributed by atoms with Gasteiger partial charge in [-0.25, -0.2) is 0 Å². The van der Waals surface area contributed by atoms with E-state index in [-0.39, 0.29) is 11.3 Å². The average Bonchev–Trinajstić information content (AvgIpc) is 2.48. The third kappa shape index (κ3) is 7.14. The second-order valence-electron chi connectivity index (χ2n) is 7.69. The number of hydrogen-bond acceptors (Lipinski definition) is 3. The van der Waals surface area contributed by atoms with E-state index in [1.807, 2.05) is 0 Å². The van der Waals surface area contributed by atoms with Crippen LogP contribution in [-0.2, 0) is 11.3 Å². The molecule has 2 rings (SSSR count). The van der Waals surface area contributed by atoms with Crippen LogP contribution in [0, 0.1) is 5.41 Å². The molecule has 0 saturated carbocycles. The number of rotatable bonds is 6. The molecule has 1 aromatic rings. The summed E-state index contributed by atoms with van der Waals surface area (Å²) in [5, 5.41) is 3.04. The van der Waals surface area contributed by atoms with E-state index in [2.05, 4.69) is 66.2 Å². The maximum atomic E-state index is 11.8. The Bertz CT molecular complexity index is 473. The van der Waals surface area contributed by atoms with Crippen molar-refractivity contribution in [1.82, 2.24) is 15.1 Å². The highest BCUT2D eigenvalue weighted by molar-refractivity contribution is 5.76. The molecule has 4 nitrogen and oxygen atoms in total. The van der Waals surface area contributed by atoms with Crippen LogP contribution in [0.25, 0.3) is 0 Å². The molecular formula is C19H31N3O. The zero-order valence-corrected chi connectivity index (χ0v) is 14.8. The molecule has 0 unspecified atom stereocenters. The third-order valence-corrected chi connectivity index (χ3v) is 4.16. The predicted molar refractivity (Wildman–Crippen MR) is 95.2 cm³/mol. The average molecular weight is 317 g/mol. The first-order valence-electron chi connectivity index (χ1n) is 8.68. The maximum Gasteiger partial charge on any atom is 0.220 e. The monoisotopic (exact) mass is 317 g/mol. The van der Waals surface area contributed by atoms with E-state index < -0.39 is 0 Å². The number of nitrogens with one attached hydrogen (secondary N) is 1. The number of hydrogen-bond donors (Lipinski definition) is 1. The molecule has 128 valence electrons. The molecule has 1 aliphatic heterocycles. The van der Waals surface area contributed by atoms with Gasteiger partial charge in [0.15, 0.2) is 0 Å². The number of piperazine rings is 1. The largest absolute Gasteiger partial charge is 0.355 e. The van der Waals surface area contributed by atoms with Crippen LogP contribution in [-0.4, -0.2) is 55.0 Å². The summed E-state index contributed by atoms with van der Waals surface area (Å²) in [6.07, 6.45) is 0.595. The Morgan fingerprint density at radius 2 is 1.65 bits per heavy atom. The minimum absolute atomic E-state index is 0.0626. The fourth-order valence-corrected chi connectivity index (χ4v) is 2.91. The molecule has 0 bridgehead atoms. The van der Waals surface area contributed by atoms with Gasteiger partial charge in [-0.15, -0.1) is 0 Å². The molecule has 0 aromatic heterocycles. The minimum Gasteiger partial charge on any atom is -0.355 e. The summed E-state index contributed by atoms with van der Waals surface area (Å²) in [7, 11) is 0. The fourth-order valence-electron chi connectivity index (χ4n) is 2.91. The van der Waals surface area contributed by atoms with Crippen molar-refractivity contribution in [1.29, 1.82) is 0 Å². The minimum atomic E-state index is 0.0626. The molecular weight excluding hydrogens is 286 g/mol. The number of carbonyl (C=O) groups is 1. The van der Waals surface area contributed by atoms with E-state index in [4.69, 9.17) is 0 Å².